The third-order valence-corrected chi connectivity index (χ3v) is 3.60. The molecule has 0 amide bonds. The van der Waals surface area contributed by atoms with Gasteiger partial charge in [-0.2, -0.15) is 0 Å². The highest BCUT2D eigenvalue weighted by Gasteiger charge is 2.23. The molecule has 1 heterocycles. The Morgan fingerprint density at radius 2 is 1.94 bits per heavy atom. The van der Waals surface area contributed by atoms with E-state index in [2.05, 4.69) is 37.2 Å². The van der Waals surface area contributed by atoms with Crippen LogP contribution in [0, 0.1) is 11.8 Å². The maximum absolute atomic E-state index is 5.91. The van der Waals surface area contributed by atoms with Crippen LogP contribution in [0.2, 0.25) is 0 Å². The molecule has 4 nitrogen and oxygen atoms in total. The zero-order valence-electron chi connectivity index (χ0n) is 12.3. The van der Waals surface area contributed by atoms with E-state index in [4.69, 9.17) is 10.5 Å². The second kappa shape index (κ2) is 6.90. The van der Waals surface area contributed by atoms with Gasteiger partial charge < -0.3 is 15.0 Å². The van der Waals surface area contributed by atoms with E-state index in [1.54, 1.807) is 7.11 Å². The number of methoxy groups -OCH3 is 1. The van der Waals surface area contributed by atoms with Crippen molar-refractivity contribution in [3.63, 3.8) is 0 Å². The van der Waals surface area contributed by atoms with Gasteiger partial charge in [-0.15, -0.1) is 0 Å². The van der Waals surface area contributed by atoms with Gasteiger partial charge >= 0.3 is 0 Å². The van der Waals surface area contributed by atoms with Crippen LogP contribution in [0.5, 0.6) is 0 Å². The molecule has 0 saturated heterocycles. The summed E-state index contributed by atoms with van der Waals surface area (Å²) in [5, 5.41) is 0. The first-order chi connectivity index (χ1) is 8.52. The van der Waals surface area contributed by atoms with Crippen molar-refractivity contribution < 1.29 is 4.74 Å². The van der Waals surface area contributed by atoms with Crippen LogP contribution in [0.25, 0.3) is 0 Å². The Labute approximate surface area is 111 Å². The third kappa shape index (κ3) is 3.33. The van der Waals surface area contributed by atoms with Crippen LogP contribution in [0.4, 0.5) is 0 Å². The van der Waals surface area contributed by atoms with E-state index in [9.17, 15) is 0 Å². The highest BCUT2D eigenvalue weighted by molar-refractivity contribution is 5.10. The van der Waals surface area contributed by atoms with Crippen molar-refractivity contribution in [3.05, 3.63) is 18.2 Å². The number of nitrogens with zero attached hydrogens (tertiary/aromatic N) is 2. The lowest BCUT2D eigenvalue weighted by Gasteiger charge is -2.28. The Kier molecular flexibility index (Phi) is 5.82. The first-order valence-electron chi connectivity index (χ1n) is 6.73. The Morgan fingerprint density at radius 3 is 2.39 bits per heavy atom. The molecule has 0 aliphatic rings. The monoisotopic (exact) mass is 253 g/mol. The van der Waals surface area contributed by atoms with Gasteiger partial charge in [0.2, 0.25) is 0 Å². The summed E-state index contributed by atoms with van der Waals surface area (Å²) in [6.45, 7) is 10.2. The summed E-state index contributed by atoms with van der Waals surface area (Å²) in [5.74, 6) is 1.37. The minimum Gasteiger partial charge on any atom is -0.383 e. The number of aromatic nitrogens is 2. The lowest BCUT2D eigenvalue weighted by Crippen LogP contribution is -2.26. The SMILES string of the molecule is COCC(C(C)C)n1cncc1C(CN)C(C)C. The van der Waals surface area contributed by atoms with E-state index in [1.807, 2.05) is 12.5 Å². The third-order valence-electron chi connectivity index (χ3n) is 3.60. The molecule has 0 fully saturated rings. The Hall–Kier alpha value is -0.870. The van der Waals surface area contributed by atoms with Gasteiger partial charge in [-0.05, 0) is 11.8 Å². The highest BCUT2D eigenvalue weighted by atomic mass is 16.5. The van der Waals surface area contributed by atoms with Crippen LogP contribution in [-0.4, -0.2) is 29.8 Å². The van der Waals surface area contributed by atoms with Gasteiger partial charge in [0.25, 0.3) is 0 Å². The van der Waals surface area contributed by atoms with Crippen LogP contribution in [-0.2, 0) is 4.74 Å². The molecule has 0 aliphatic heterocycles. The molecule has 18 heavy (non-hydrogen) atoms. The van der Waals surface area contributed by atoms with E-state index >= 15 is 0 Å². The Balaban J connectivity index is 3.05. The molecule has 2 unspecified atom stereocenters. The summed E-state index contributed by atoms with van der Waals surface area (Å²) in [4.78, 5) is 4.31. The van der Waals surface area contributed by atoms with Crippen molar-refractivity contribution in [2.24, 2.45) is 17.6 Å². The lowest BCUT2D eigenvalue weighted by atomic mass is 9.92. The number of hydrogen-bond donors (Lipinski definition) is 1. The second-order valence-electron chi connectivity index (χ2n) is 5.58. The normalized spacial score (nSPS) is 15.3. The molecule has 0 spiro atoms. The quantitative estimate of drug-likeness (QED) is 0.812. The van der Waals surface area contributed by atoms with Crippen molar-refractivity contribution in [2.75, 3.05) is 20.3 Å². The summed E-state index contributed by atoms with van der Waals surface area (Å²) in [7, 11) is 1.74. The topological polar surface area (TPSA) is 53.1 Å². The maximum atomic E-state index is 5.91. The second-order valence-corrected chi connectivity index (χ2v) is 5.58. The van der Waals surface area contributed by atoms with Crippen molar-refractivity contribution in [3.8, 4) is 0 Å². The number of nitrogens with two attached hydrogens (primary N) is 1. The van der Waals surface area contributed by atoms with Crippen LogP contribution >= 0.6 is 0 Å². The first kappa shape index (κ1) is 15.2. The van der Waals surface area contributed by atoms with Crippen LogP contribution in [0.1, 0.15) is 45.3 Å². The number of hydrogen-bond acceptors (Lipinski definition) is 3. The average molecular weight is 253 g/mol. The maximum Gasteiger partial charge on any atom is 0.0951 e. The number of ether oxygens (including phenoxy) is 1. The molecule has 104 valence electrons. The molecule has 0 bridgehead atoms. The molecule has 4 heteroatoms. The van der Waals surface area contributed by atoms with Gasteiger partial charge in [0, 0.05) is 31.5 Å². The van der Waals surface area contributed by atoms with Gasteiger partial charge in [-0.1, -0.05) is 27.7 Å². The summed E-state index contributed by atoms with van der Waals surface area (Å²) in [5.41, 5.74) is 7.14. The fourth-order valence-electron chi connectivity index (χ4n) is 2.38. The van der Waals surface area contributed by atoms with E-state index in [-0.39, 0.29) is 0 Å². The summed E-state index contributed by atoms with van der Waals surface area (Å²) < 4.78 is 7.58. The molecule has 0 saturated carbocycles. The van der Waals surface area contributed by atoms with E-state index in [0.717, 1.165) is 0 Å². The van der Waals surface area contributed by atoms with Gasteiger partial charge in [0.1, 0.15) is 0 Å². The van der Waals surface area contributed by atoms with Crippen LogP contribution in [0.15, 0.2) is 12.5 Å². The molecule has 0 radical (unpaired) electrons. The summed E-state index contributed by atoms with van der Waals surface area (Å²) in [6.07, 6.45) is 3.85. The Morgan fingerprint density at radius 1 is 1.28 bits per heavy atom. The van der Waals surface area contributed by atoms with Gasteiger partial charge in [0.05, 0.1) is 19.0 Å². The molecule has 1 aromatic heterocycles. The summed E-state index contributed by atoms with van der Waals surface area (Å²) in [6, 6.07) is 0.320. The molecule has 1 rings (SSSR count). The predicted octanol–water partition coefficient (Wildman–Crippen LogP) is 2.42. The van der Waals surface area contributed by atoms with Crippen molar-refractivity contribution in [2.45, 2.75) is 39.7 Å². The average Bonchev–Trinajstić information content (AvgIpc) is 2.74. The number of rotatable bonds is 7. The lowest BCUT2D eigenvalue weighted by molar-refractivity contribution is 0.130. The van der Waals surface area contributed by atoms with Crippen LogP contribution < -0.4 is 5.73 Å². The molecular weight excluding hydrogens is 226 g/mol. The van der Waals surface area contributed by atoms with E-state index in [0.29, 0.717) is 36.9 Å². The standard InChI is InChI=1S/C14H27N3O/c1-10(2)12(6-15)13-7-16-9-17(13)14(8-18-5)11(3)4/h7,9-12,14H,6,8,15H2,1-5H3. The molecule has 2 atom stereocenters. The molecule has 0 aromatic carbocycles. The molecule has 2 N–H and O–H groups in total. The van der Waals surface area contributed by atoms with E-state index < -0.39 is 0 Å². The molecular formula is C14H27N3O. The highest BCUT2D eigenvalue weighted by Crippen LogP contribution is 2.28. The number of imidazole rings is 1. The molecule has 1 aromatic rings. The largest absolute Gasteiger partial charge is 0.383 e. The Bertz CT molecular complexity index is 347. The predicted molar refractivity (Wildman–Crippen MR) is 74.6 cm³/mol. The first-order valence-corrected chi connectivity index (χ1v) is 6.73. The zero-order valence-corrected chi connectivity index (χ0v) is 12.3. The minimum absolute atomic E-state index is 0.320. The fraction of sp³-hybridized carbons (Fsp3) is 0.786. The van der Waals surface area contributed by atoms with Crippen LogP contribution in [0.3, 0.4) is 0 Å². The van der Waals surface area contributed by atoms with Crippen molar-refractivity contribution in [1.82, 2.24) is 9.55 Å². The van der Waals surface area contributed by atoms with Gasteiger partial charge in [0.15, 0.2) is 0 Å². The van der Waals surface area contributed by atoms with Crippen molar-refractivity contribution in [1.29, 1.82) is 0 Å². The van der Waals surface area contributed by atoms with Crippen molar-refractivity contribution >= 4 is 0 Å². The van der Waals surface area contributed by atoms with E-state index in [1.165, 1.54) is 5.69 Å². The fourth-order valence-corrected chi connectivity index (χ4v) is 2.38. The smallest absolute Gasteiger partial charge is 0.0951 e. The summed E-state index contributed by atoms with van der Waals surface area (Å²) >= 11 is 0. The zero-order chi connectivity index (χ0) is 13.7. The van der Waals surface area contributed by atoms with Gasteiger partial charge in [-0.3, -0.25) is 0 Å². The minimum atomic E-state index is 0.320. The molecule has 0 aliphatic carbocycles. The van der Waals surface area contributed by atoms with Gasteiger partial charge in [-0.25, -0.2) is 4.98 Å².